The van der Waals surface area contributed by atoms with E-state index in [9.17, 15) is 4.39 Å². The van der Waals surface area contributed by atoms with Gasteiger partial charge in [0.1, 0.15) is 11.6 Å². The second-order valence-corrected chi connectivity index (χ2v) is 5.47. The van der Waals surface area contributed by atoms with E-state index in [2.05, 4.69) is 23.9 Å². The molecule has 0 spiro atoms. The molecule has 0 atom stereocenters. The summed E-state index contributed by atoms with van der Waals surface area (Å²) in [6, 6.07) is 8.54. The molecule has 4 nitrogen and oxygen atoms in total. The third-order valence-corrected chi connectivity index (χ3v) is 3.52. The molecule has 3 rings (SSSR count). The van der Waals surface area contributed by atoms with Gasteiger partial charge in [0.25, 0.3) is 0 Å². The van der Waals surface area contributed by atoms with Crippen LogP contribution in [0.1, 0.15) is 19.9 Å². The summed E-state index contributed by atoms with van der Waals surface area (Å²) in [5.74, 6) is 0.0838. The van der Waals surface area contributed by atoms with Crippen LogP contribution < -0.4 is 5.73 Å². The zero-order valence-electron chi connectivity index (χ0n) is 12.5. The molecule has 0 fully saturated rings. The van der Waals surface area contributed by atoms with E-state index < -0.39 is 0 Å². The molecule has 2 aromatic heterocycles. The van der Waals surface area contributed by atoms with E-state index in [0.717, 1.165) is 11.1 Å². The summed E-state index contributed by atoms with van der Waals surface area (Å²) in [5.41, 5.74) is 9.24. The van der Waals surface area contributed by atoms with Crippen molar-refractivity contribution >= 4 is 5.82 Å². The molecule has 112 valence electrons. The molecule has 0 aliphatic rings. The maximum atomic E-state index is 13.4. The molecule has 3 aromatic rings. The summed E-state index contributed by atoms with van der Waals surface area (Å²) in [4.78, 5) is 4.23. The number of nitrogen functional groups attached to an aromatic ring is 1. The Morgan fingerprint density at radius 2 is 1.91 bits per heavy atom. The Morgan fingerprint density at radius 1 is 1.09 bits per heavy atom. The number of anilines is 1. The maximum Gasteiger partial charge on any atom is 0.131 e. The number of aromatic nitrogens is 3. The fourth-order valence-corrected chi connectivity index (χ4v) is 2.29. The maximum absolute atomic E-state index is 13.4. The highest BCUT2D eigenvalue weighted by Gasteiger charge is 2.10. The lowest BCUT2D eigenvalue weighted by molar-refractivity contribution is 0.532. The molecule has 2 heterocycles. The van der Waals surface area contributed by atoms with Crippen LogP contribution in [0.2, 0.25) is 0 Å². The number of hydrogen-bond donors (Lipinski definition) is 1. The smallest absolute Gasteiger partial charge is 0.131 e. The van der Waals surface area contributed by atoms with Crippen LogP contribution >= 0.6 is 0 Å². The van der Waals surface area contributed by atoms with Crippen LogP contribution in [0.4, 0.5) is 10.2 Å². The van der Waals surface area contributed by atoms with Gasteiger partial charge in [-0.3, -0.25) is 4.68 Å². The Labute approximate surface area is 128 Å². The van der Waals surface area contributed by atoms with Crippen LogP contribution in [0.15, 0.2) is 48.9 Å². The van der Waals surface area contributed by atoms with Gasteiger partial charge in [-0.05, 0) is 37.6 Å². The molecule has 2 N–H and O–H groups in total. The van der Waals surface area contributed by atoms with Crippen LogP contribution in [0.3, 0.4) is 0 Å². The van der Waals surface area contributed by atoms with Gasteiger partial charge in [0.15, 0.2) is 0 Å². The quantitative estimate of drug-likeness (QED) is 0.797. The first-order valence-electron chi connectivity index (χ1n) is 7.10. The molecule has 22 heavy (non-hydrogen) atoms. The summed E-state index contributed by atoms with van der Waals surface area (Å²) in [7, 11) is 0. The molecular formula is C17H17FN4. The van der Waals surface area contributed by atoms with Gasteiger partial charge in [-0.15, -0.1) is 0 Å². The van der Waals surface area contributed by atoms with Crippen molar-refractivity contribution in [1.82, 2.24) is 14.8 Å². The summed E-state index contributed by atoms with van der Waals surface area (Å²) < 4.78 is 15.3. The fraction of sp³-hybridized carbons (Fsp3) is 0.176. The number of halogens is 1. The molecular weight excluding hydrogens is 279 g/mol. The van der Waals surface area contributed by atoms with Gasteiger partial charge >= 0.3 is 0 Å². The van der Waals surface area contributed by atoms with Gasteiger partial charge in [0.2, 0.25) is 0 Å². The highest BCUT2D eigenvalue weighted by molar-refractivity contribution is 5.78. The summed E-state index contributed by atoms with van der Waals surface area (Å²) in [6.07, 6.45) is 5.47. The van der Waals surface area contributed by atoms with Crippen LogP contribution in [-0.2, 0) is 0 Å². The van der Waals surface area contributed by atoms with Crippen molar-refractivity contribution in [3.8, 4) is 22.3 Å². The van der Waals surface area contributed by atoms with Crippen molar-refractivity contribution in [2.75, 3.05) is 5.73 Å². The normalized spacial score (nSPS) is 11.1. The van der Waals surface area contributed by atoms with E-state index in [1.165, 1.54) is 12.1 Å². The molecule has 0 saturated carbocycles. The van der Waals surface area contributed by atoms with E-state index in [4.69, 9.17) is 5.73 Å². The monoisotopic (exact) mass is 296 g/mol. The number of benzene rings is 1. The SMILES string of the molecule is CC(C)n1cc(-c2cnc(N)c(-c3cccc(F)c3)c2)cn1. The summed E-state index contributed by atoms with van der Waals surface area (Å²) in [5, 5.41) is 4.33. The Hall–Kier alpha value is -2.69. The van der Waals surface area contributed by atoms with E-state index in [1.807, 2.05) is 23.0 Å². The third-order valence-electron chi connectivity index (χ3n) is 3.52. The van der Waals surface area contributed by atoms with Crippen LogP contribution in [-0.4, -0.2) is 14.8 Å². The Kier molecular flexibility index (Phi) is 3.63. The number of hydrogen-bond acceptors (Lipinski definition) is 3. The predicted molar refractivity (Wildman–Crippen MR) is 85.6 cm³/mol. The van der Waals surface area contributed by atoms with Gasteiger partial charge in [0, 0.05) is 35.1 Å². The molecule has 5 heteroatoms. The number of rotatable bonds is 3. The highest BCUT2D eigenvalue weighted by Crippen LogP contribution is 2.30. The van der Waals surface area contributed by atoms with Gasteiger partial charge in [-0.2, -0.15) is 5.10 Å². The average Bonchev–Trinajstić information content (AvgIpc) is 2.98. The summed E-state index contributed by atoms with van der Waals surface area (Å²) in [6.45, 7) is 4.13. The molecule has 1 aromatic carbocycles. The second-order valence-electron chi connectivity index (χ2n) is 5.47. The molecule has 0 saturated heterocycles. The van der Waals surface area contributed by atoms with Crippen molar-refractivity contribution in [2.24, 2.45) is 0 Å². The zero-order valence-corrected chi connectivity index (χ0v) is 12.5. The Morgan fingerprint density at radius 3 is 2.59 bits per heavy atom. The van der Waals surface area contributed by atoms with Gasteiger partial charge in [-0.1, -0.05) is 12.1 Å². The van der Waals surface area contributed by atoms with Crippen molar-refractivity contribution in [3.63, 3.8) is 0 Å². The van der Waals surface area contributed by atoms with Crippen molar-refractivity contribution < 1.29 is 4.39 Å². The first-order valence-corrected chi connectivity index (χ1v) is 7.10. The molecule has 0 aliphatic heterocycles. The van der Waals surface area contributed by atoms with Crippen molar-refractivity contribution in [1.29, 1.82) is 0 Å². The number of nitrogens with two attached hydrogens (primary N) is 1. The largest absolute Gasteiger partial charge is 0.383 e. The fourth-order valence-electron chi connectivity index (χ4n) is 2.29. The lowest BCUT2D eigenvalue weighted by Gasteiger charge is -2.08. The highest BCUT2D eigenvalue weighted by atomic mass is 19.1. The van der Waals surface area contributed by atoms with E-state index in [-0.39, 0.29) is 11.9 Å². The minimum Gasteiger partial charge on any atom is -0.383 e. The minimum absolute atomic E-state index is 0.290. The molecule has 0 amide bonds. The van der Waals surface area contributed by atoms with Crippen molar-refractivity contribution in [3.05, 3.63) is 54.7 Å². The Balaban J connectivity index is 2.06. The third kappa shape index (κ3) is 2.70. The standard InChI is InChI=1S/C17H17FN4/c1-11(2)22-10-14(9-21-22)13-7-16(17(19)20-8-13)12-4-3-5-15(18)6-12/h3-11H,1-2H3,(H2,19,20). The van der Waals surface area contributed by atoms with Crippen LogP contribution in [0.25, 0.3) is 22.3 Å². The topological polar surface area (TPSA) is 56.7 Å². The Bertz CT molecular complexity index is 808. The lowest BCUT2D eigenvalue weighted by Crippen LogP contribution is -1.99. The van der Waals surface area contributed by atoms with Gasteiger partial charge < -0.3 is 5.73 Å². The predicted octanol–water partition coefficient (Wildman–Crippen LogP) is 3.91. The van der Waals surface area contributed by atoms with Crippen LogP contribution in [0.5, 0.6) is 0 Å². The van der Waals surface area contributed by atoms with E-state index in [0.29, 0.717) is 16.9 Å². The number of nitrogens with zero attached hydrogens (tertiary/aromatic N) is 3. The summed E-state index contributed by atoms with van der Waals surface area (Å²) >= 11 is 0. The van der Waals surface area contributed by atoms with Crippen molar-refractivity contribution in [2.45, 2.75) is 19.9 Å². The zero-order chi connectivity index (χ0) is 15.7. The first-order chi connectivity index (χ1) is 10.5. The molecule has 0 bridgehead atoms. The molecule has 0 aliphatic carbocycles. The second kappa shape index (κ2) is 5.60. The lowest BCUT2D eigenvalue weighted by atomic mass is 10.0. The number of pyridine rings is 1. The average molecular weight is 296 g/mol. The van der Waals surface area contributed by atoms with Crippen LogP contribution in [0, 0.1) is 5.82 Å². The first kappa shape index (κ1) is 14.3. The van der Waals surface area contributed by atoms with Gasteiger partial charge in [-0.25, -0.2) is 9.37 Å². The molecule has 0 radical (unpaired) electrons. The minimum atomic E-state index is -0.296. The molecule has 0 unspecified atom stereocenters. The van der Waals surface area contributed by atoms with E-state index in [1.54, 1.807) is 18.5 Å². The van der Waals surface area contributed by atoms with Gasteiger partial charge in [0.05, 0.1) is 6.20 Å². The van der Waals surface area contributed by atoms with E-state index >= 15 is 0 Å².